The number of nitrogens with zero attached hydrogens (tertiary/aromatic N) is 3. The van der Waals surface area contributed by atoms with Crippen LogP contribution in [0.25, 0.3) is 121 Å². The van der Waals surface area contributed by atoms with Gasteiger partial charge in [0.1, 0.15) is 22.3 Å². The average Bonchev–Trinajstić information content (AvgIpc) is 3.84. The monoisotopic (exact) mass is 715 g/mol. The molecule has 0 aliphatic carbocycles. The summed E-state index contributed by atoms with van der Waals surface area (Å²) in [7, 11) is 0. The molecule has 0 N–H and O–H groups in total. The van der Waals surface area contributed by atoms with E-state index in [0.717, 1.165) is 66.1 Å². The van der Waals surface area contributed by atoms with Crippen molar-refractivity contribution in [3.8, 4) is 45.3 Å². The lowest BCUT2D eigenvalue weighted by atomic mass is 9.90. The zero-order valence-corrected chi connectivity index (χ0v) is 29.9. The molecule has 0 radical (unpaired) electrons. The van der Waals surface area contributed by atoms with Crippen LogP contribution in [0.3, 0.4) is 0 Å². The predicted octanol–water partition coefficient (Wildman–Crippen LogP) is 13.8. The van der Waals surface area contributed by atoms with E-state index in [2.05, 4.69) is 103 Å². The number of rotatable bonds is 4. The van der Waals surface area contributed by atoms with Gasteiger partial charge in [0, 0.05) is 32.7 Å². The van der Waals surface area contributed by atoms with Crippen LogP contribution < -0.4 is 0 Å². The van der Waals surface area contributed by atoms with Gasteiger partial charge in [0.15, 0.2) is 17.5 Å². The van der Waals surface area contributed by atoms with Crippen LogP contribution in [0.4, 0.5) is 0 Å². The van der Waals surface area contributed by atoms with Crippen molar-refractivity contribution in [1.82, 2.24) is 15.0 Å². The Kier molecular flexibility index (Phi) is 6.56. The highest BCUT2D eigenvalue weighted by atomic mass is 16.3. The summed E-state index contributed by atoms with van der Waals surface area (Å²) >= 11 is 0. The van der Waals surface area contributed by atoms with Gasteiger partial charge in [-0.3, -0.25) is 0 Å². The molecule has 5 nitrogen and oxygen atoms in total. The standard InChI is InChI=1S/C51H29N3O2/c1-2-13-31(14-3-1)49-52-50(54-51(53-49)40-21-10-19-38-37-18-8-9-22-44(37)56-48(38)40)39-20-11-23-46-47(39)43-28-32(25-27-45(43)55-46)41-29-42-33-15-5-4-12-30(33)24-26-36(42)34-16-6-7-17-35(34)41/h1-29H. The number of aromatic nitrogens is 3. The molecular formula is C51H29N3O2. The minimum Gasteiger partial charge on any atom is -0.456 e. The number of benzene rings is 9. The summed E-state index contributed by atoms with van der Waals surface area (Å²) in [4.78, 5) is 15.4. The van der Waals surface area contributed by atoms with Crippen molar-refractivity contribution in [2.45, 2.75) is 0 Å². The topological polar surface area (TPSA) is 65.0 Å². The summed E-state index contributed by atoms with van der Waals surface area (Å²) in [5, 5.41) is 11.4. The Balaban J connectivity index is 1.11. The van der Waals surface area contributed by atoms with Crippen LogP contribution >= 0.6 is 0 Å². The lowest BCUT2D eigenvalue weighted by molar-refractivity contribution is 0.668. The van der Waals surface area contributed by atoms with Crippen molar-refractivity contribution >= 4 is 76.2 Å². The highest BCUT2D eigenvalue weighted by Crippen LogP contribution is 2.42. The average molecular weight is 716 g/mol. The van der Waals surface area contributed by atoms with Crippen LogP contribution in [0.5, 0.6) is 0 Å². The van der Waals surface area contributed by atoms with Gasteiger partial charge in [0.2, 0.25) is 0 Å². The van der Waals surface area contributed by atoms with Crippen molar-refractivity contribution in [1.29, 1.82) is 0 Å². The lowest BCUT2D eigenvalue weighted by Crippen LogP contribution is -2.00. The summed E-state index contributed by atoms with van der Waals surface area (Å²) in [6.07, 6.45) is 0. The maximum atomic E-state index is 6.56. The van der Waals surface area contributed by atoms with Crippen LogP contribution in [-0.2, 0) is 0 Å². The number of hydrogen-bond acceptors (Lipinski definition) is 5. The Hall–Kier alpha value is -7.63. The number of para-hydroxylation sites is 2. The number of furan rings is 2. The highest BCUT2D eigenvalue weighted by molar-refractivity contribution is 6.22. The second-order valence-corrected chi connectivity index (χ2v) is 14.3. The second kappa shape index (κ2) is 11.9. The first-order chi connectivity index (χ1) is 27.7. The van der Waals surface area contributed by atoms with E-state index >= 15 is 0 Å². The Bertz CT molecular complexity index is 3550. The normalized spacial score (nSPS) is 11.9. The van der Waals surface area contributed by atoms with E-state index in [1.54, 1.807) is 0 Å². The fourth-order valence-corrected chi connectivity index (χ4v) is 8.54. The van der Waals surface area contributed by atoms with Crippen LogP contribution in [0.15, 0.2) is 185 Å². The lowest BCUT2D eigenvalue weighted by Gasteiger charge is -2.13. The van der Waals surface area contributed by atoms with Crippen molar-refractivity contribution in [3.63, 3.8) is 0 Å². The van der Waals surface area contributed by atoms with E-state index in [-0.39, 0.29) is 0 Å². The third-order valence-electron chi connectivity index (χ3n) is 11.1. The van der Waals surface area contributed by atoms with Crippen LogP contribution in [0.2, 0.25) is 0 Å². The molecule has 0 unspecified atom stereocenters. The summed E-state index contributed by atoms with van der Waals surface area (Å²) in [6.45, 7) is 0. The first kappa shape index (κ1) is 30.8. The fraction of sp³-hybridized carbons (Fsp3) is 0. The van der Waals surface area contributed by atoms with Crippen molar-refractivity contribution in [3.05, 3.63) is 176 Å². The van der Waals surface area contributed by atoms with Gasteiger partial charge in [0.05, 0.1) is 5.56 Å². The molecule has 0 aliphatic rings. The molecule has 5 heteroatoms. The summed E-state index contributed by atoms with van der Waals surface area (Å²) in [5.41, 5.74) is 8.00. The van der Waals surface area contributed by atoms with Gasteiger partial charge >= 0.3 is 0 Å². The second-order valence-electron chi connectivity index (χ2n) is 14.3. The molecule has 260 valence electrons. The van der Waals surface area contributed by atoms with Gasteiger partial charge in [-0.05, 0) is 79.8 Å². The minimum absolute atomic E-state index is 0.541. The zero-order valence-electron chi connectivity index (χ0n) is 29.9. The summed E-state index contributed by atoms with van der Waals surface area (Å²) in [5.74, 6) is 1.68. The molecule has 0 fully saturated rings. The summed E-state index contributed by atoms with van der Waals surface area (Å²) < 4.78 is 13.0. The van der Waals surface area contributed by atoms with Gasteiger partial charge in [0.25, 0.3) is 0 Å². The quantitative estimate of drug-likeness (QED) is 0.170. The molecule has 0 saturated carbocycles. The van der Waals surface area contributed by atoms with E-state index in [1.807, 2.05) is 72.8 Å². The Morgan fingerprint density at radius 3 is 1.84 bits per heavy atom. The Labute approximate surface area is 320 Å². The third-order valence-corrected chi connectivity index (χ3v) is 11.1. The molecule has 0 saturated heterocycles. The fourth-order valence-electron chi connectivity index (χ4n) is 8.54. The van der Waals surface area contributed by atoms with E-state index in [1.165, 1.54) is 37.9 Å². The van der Waals surface area contributed by atoms with Crippen molar-refractivity contribution in [2.75, 3.05) is 0 Å². The van der Waals surface area contributed by atoms with Gasteiger partial charge in [-0.1, -0.05) is 140 Å². The molecule has 3 heterocycles. The Morgan fingerprint density at radius 2 is 0.946 bits per heavy atom. The molecular weight excluding hydrogens is 687 g/mol. The molecule has 0 aliphatic heterocycles. The molecule has 12 rings (SSSR count). The first-order valence-electron chi connectivity index (χ1n) is 18.8. The van der Waals surface area contributed by atoms with E-state index in [9.17, 15) is 0 Å². The largest absolute Gasteiger partial charge is 0.456 e. The first-order valence-corrected chi connectivity index (χ1v) is 18.8. The van der Waals surface area contributed by atoms with Crippen LogP contribution in [0, 0.1) is 0 Å². The molecule has 0 amide bonds. The summed E-state index contributed by atoms with van der Waals surface area (Å²) in [6, 6.07) is 61.1. The van der Waals surface area contributed by atoms with Gasteiger partial charge in [-0.2, -0.15) is 0 Å². The highest BCUT2D eigenvalue weighted by Gasteiger charge is 2.21. The van der Waals surface area contributed by atoms with Gasteiger partial charge < -0.3 is 8.83 Å². The molecule has 0 bridgehead atoms. The molecule has 0 atom stereocenters. The van der Waals surface area contributed by atoms with Gasteiger partial charge in [-0.25, -0.2) is 15.0 Å². The van der Waals surface area contributed by atoms with E-state index in [4.69, 9.17) is 23.8 Å². The maximum Gasteiger partial charge on any atom is 0.167 e. The molecule has 12 aromatic rings. The minimum atomic E-state index is 0.541. The molecule has 3 aromatic heterocycles. The maximum absolute atomic E-state index is 6.56. The van der Waals surface area contributed by atoms with E-state index in [0.29, 0.717) is 17.5 Å². The van der Waals surface area contributed by atoms with Crippen molar-refractivity contribution < 1.29 is 8.83 Å². The van der Waals surface area contributed by atoms with Crippen LogP contribution in [0.1, 0.15) is 0 Å². The Morgan fingerprint density at radius 1 is 0.304 bits per heavy atom. The van der Waals surface area contributed by atoms with E-state index < -0.39 is 0 Å². The number of fused-ring (bicyclic) bond motifs is 11. The molecule has 0 spiro atoms. The van der Waals surface area contributed by atoms with Crippen LogP contribution in [-0.4, -0.2) is 15.0 Å². The third kappa shape index (κ3) is 4.64. The predicted molar refractivity (Wildman–Crippen MR) is 229 cm³/mol. The van der Waals surface area contributed by atoms with Crippen molar-refractivity contribution in [2.24, 2.45) is 0 Å². The molecule has 56 heavy (non-hydrogen) atoms. The molecule has 9 aromatic carbocycles. The SMILES string of the molecule is c1ccc(-c2nc(-c3cccc4c3oc3ccccc34)nc(-c3cccc4oc5ccc(-c6cc7c8ccccc8ccc7c7ccccc67)cc5c34)n2)cc1. The zero-order chi connectivity index (χ0) is 36.7. The number of hydrogen-bond donors (Lipinski definition) is 0. The van der Waals surface area contributed by atoms with Gasteiger partial charge in [-0.15, -0.1) is 0 Å². The smallest absolute Gasteiger partial charge is 0.167 e.